The number of aromatic nitrogens is 2. The van der Waals surface area contributed by atoms with Gasteiger partial charge in [0, 0.05) is 38.9 Å². The number of imidazole rings is 1. The van der Waals surface area contributed by atoms with Crippen LogP contribution in [0.2, 0.25) is 15.1 Å². The van der Waals surface area contributed by atoms with Gasteiger partial charge < -0.3 is 9.67 Å². The molecule has 0 fully saturated rings. The third kappa shape index (κ3) is 3.77. The molecule has 0 spiro atoms. The van der Waals surface area contributed by atoms with E-state index in [1.54, 1.807) is 48.7 Å². The summed E-state index contributed by atoms with van der Waals surface area (Å²) in [5, 5.41) is 13.3. The van der Waals surface area contributed by atoms with Crippen molar-refractivity contribution in [3.8, 4) is 0 Å². The summed E-state index contributed by atoms with van der Waals surface area (Å²) < 4.78 is 1.95. The zero-order valence-corrected chi connectivity index (χ0v) is 16.7. The van der Waals surface area contributed by atoms with E-state index in [9.17, 15) is 5.11 Å². The van der Waals surface area contributed by atoms with Crippen LogP contribution in [0.1, 0.15) is 36.7 Å². The second-order valence-electron chi connectivity index (χ2n) is 6.56. The second kappa shape index (κ2) is 7.61. The van der Waals surface area contributed by atoms with Crippen molar-refractivity contribution in [2.45, 2.75) is 31.9 Å². The quantitative estimate of drug-likeness (QED) is 0.569. The summed E-state index contributed by atoms with van der Waals surface area (Å²) >= 11 is 18.5. The molecule has 1 N–H and O–H groups in total. The maximum atomic E-state index is 11.8. The summed E-state index contributed by atoms with van der Waals surface area (Å²) in [6.45, 7) is 4.40. The molecule has 1 heterocycles. The van der Waals surface area contributed by atoms with Crippen LogP contribution in [0.25, 0.3) is 0 Å². The number of halogens is 3. The summed E-state index contributed by atoms with van der Waals surface area (Å²) in [7, 11) is 0. The Balaban J connectivity index is 2.15. The summed E-state index contributed by atoms with van der Waals surface area (Å²) in [4.78, 5) is 4.41. The van der Waals surface area contributed by atoms with Crippen LogP contribution in [0, 0.1) is 0 Å². The first-order valence-corrected chi connectivity index (χ1v) is 9.39. The van der Waals surface area contributed by atoms with Crippen molar-refractivity contribution < 1.29 is 5.11 Å². The predicted molar refractivity (Wildman–Crippen MR) is 107 cm³/mol. The van der Waals surface area contributed by atoms with Crippen LogP contribution < -0.4 is 0 Å². The molecule has 0 saturated heterocycles. The Hall–Kier alpha value is -1.52. The third-order valence-electron chi connectivity index (χ3n) is 4.36. The van der Waals surface area contributed by atoms with E-state index in [1.165, 1.54) is 0 Å². The maximum absolute atomic E-state index is 11.8. The Morgan fingerprint density at radius 2 is 1.69 bits per heavy atom. The van der Waals surface area contributed by atoms with E-state index in [-0.39, 0.29) is 12.5 Å². The normalized spacial score (nSPS) is 13.8. The van der Waals surface area contributed by atoms with Gasteiger partial charge in [0.15, 0.2) is 0 Å². The number of benzene rings is 2. The number of hydrogen-bond donors (Lipinski definition) is 1. The lowest BCUT2D eigenvalue weighted by Crippen LogP contribution is -2.33. The molecule has 0 aliphatic rings. The Bertz CT molecular complexity index is 906. The van der Waals surface area contributed by atoms with Crippen molar-refractivity contribution in [1.82, 2.24) is 9.55 Å². The minimum atomic E-state index is -1.36. The number of nitrogens with zero attached hydrogens (tertiary/aromatic N) is 2. The average molecular weight is 410 g/mol. The van der Waals surface area contributed by atoms with Crippen LogP contribution in [0.4, 0.5) is 0 Å². The van der Waals surface area contributed by atoms with Crippen molar-refractivity contribution in [2.24, 2.45) is 0 Å². The van der Waals surface area contributed by atoms with Crippen molar-refractivity contribution in [2.75, 3.05) is 0 Å². The Kier molecular flexibility index (Phi) is 5.64. The van der Waals surface area contributed by atoms with Gasteiger partial charge in [-0.1, -0.05) is 66.8 Å². The van der Waals surface area contributed by atoms with E-state index < -0.39 is 5.60 Å². The highest BCUT2D eigenvalue weighted by Crippen LogP contribution is 2.38. The van der Waals surface area contributed by atoms with Crippen molar-refractivity contribution in [1.29, 1.82) is 0 Å². The van der Waals surface area contributed by atoms with Gasteiger partial charge in [-0.15, -0.1) is 0 Å². The lowest BCUT2D eigenvalue weighted by molar-refractivity contribution is 0.0602. The Labute approximate surface area is 168 Å². The predicted octanol–water partition coefficient (Wildman–Crippen LogP) is 5.90. The molecule has 0 saturated carbocycles. The molecule has 0 amide bonds. The molecular weight excluding hydrogens is 391 g/mol. The number of rotatable bonds is 5. The molecule has 0 aliphatic carbocycles. The van der Waals surface area contributed by atoms with Gasteiger partial charge in [0.05, 0.1) is 6.54 Å². The zero-order chi connectivity index (χ0) is 18.9. The van der Waals surface area contributed by atoms with E-state index in [4.69, 9.17) is 34.8 Å². The first-order chi connectivity index (χ1) is 12.3. The summed E-state index contributed by atoms with van der Waals surface area (Å²) in [5.41, 5.74) is -0.0971. The first-order valence-electron chi connectivity index (χ1n) is 8.26. The van der Waals surface area contributed by atoms with Gasteiger partial charge in [0.2, 0.25) is 0 Å². The number of aliphatic hydroxyl groups is 1. The van der Waals surface area contributed by atoms with Gasteiger partial charge >= 0.3 is 0 Å². The molecule has 26 heavy (non-hydrogen) atoms. The zero-order valence-electron chi connectivity index (χ0n) is 14.5. The van der Waals surface area contributed by atoms with E-state index >= 15 is 0 Å². The van der Waals surface area contributed by atoms with Crippen molar-refractivity contribution >= 4 is 34.8 Å². The first kappa shape index (κ1) is 19.2. The third-order valence-corrected chi connectivity index (χ3v) is 5.16. The Morgan fingerprint density at radius 1 is 1.04 bits per heavy atom. The van der Waals surface area contributed by atoms with Gasteiger partial charge in [-0.25, -0.2) is 4.98 Å². The van der Waals surface area contributed by atoms with E-state index in [0.29, 0.717) is 26.2 Å². The molecule has 0 bridgehead atoms. The van der Waals surface area contributed by atoms with Crippen LogP contribution >= 0.6 is 34.8 Å². The van der Waals surface area contributed by atoms with Gasteiger partial charge in [-0.05, 0) is 29.8 Å². The summed E-state index contributed by atoms with van der Waals surface area (Å²) in [6, 6.07) is 12.2. The SMILES string of the molecule is CC(C)c1nccn1CC(O)(c1ccc(Cl)cc1)c1ccc(Cl)cc1Cl. The van der Waals surface area contributed by atoms with Crippen LogP contribution in [0.3, 0.4) is 0 Å². The molecular formula is C20H19Cl3N2O. The van der Waals surface area contributed by atoms with Crippen molar-refractivity contribution in [3.05, 3.63) is 86.9 Å². The molecule has 3 rings (SSSR count). The van der Waals surface area contributed by atoms with E-state index in [1.807, 2.05) is 10.8 Å². The Morgan fingerprint density at radius 3 is 2.31 bits per heavy atom. The van der Waals surface area contributed by atoms with Crippen molar-refractivity contribution in [3.63, 3.8) is 0 Å². The van der Waals surface area contributed by atoms with Gasteiger partial charge in [-0.2, -0.15) is 0 Å². The molecule has 2 aromatic carbocycles. The molecule has 1 unspecified atom stereocenters. The van der Waals surface area contributed by atoms with Crippen LogP contribution in [-0.4, -0.2) is 14.7 Å². The standard InChI is InChI=1S/C20H19Cl3N2O/c1-13(2)19-24-9-10-25(19)12-20(26,14-3-5-15(21)6-4-14)17-8-7-16(22)11-18(17)23/h3-11,13,26H,12H2,1-2H3. The topological polar surface area (TPSA) is 38.0 Å². The average Bonchev–Trinajstić information content (AvgIpc) is 3.03. The molecule has 0 aliphatic heterocycles. The lowest BCUT2D eigenvalue weighted by atomic mass is 9.86. The maximum Gasteiger partial charge on any atom is 0.134 e. The molecule has 136 valence electrons. The summed E-state index contributed by atoms with van der Waals surface area (Å²) in [5.74, 6) is 1.11. The van der Waals surface area contributed by atoms with Crippen LogP contribution in [0.15, 0.2) is 54.9 Å². The largest absolute Gasteiger partial charge is 0.378 e. The number of hydrogen-bond acceptors (Lipinski definition) is 2. The molecule has 6 heteroatoms. The van der Waals surface area contributed by atoms with Crippen LogP contribution in [0.5, 0.6) is 0 Å². The summed E-state index contributed by atoms with van der Waals surface area (Å²) in [6.07, 6.45) is 3.60. The highest BCUT2D eigenvalue weighted by Gasteiger charge is 2.35. The molecule has 1 aromatic heterocycles. The monoisotopic (exact) mass is 408 g/mol. The molecule has 3 nitrogen and oxygen atoms in total. The fraction of sp³-hybridized carbons (Fsp3) is 0.250. The van der Waals surface area contributed by atoms with Gasteiger partial charge in [0.25, 0.3) is 0 Å². The highest BCUT2D eigenvalue weighted by atomic mass is 35.5. The van der Waals surface area contributed by atoms with E-state index in [2.05, 4.69) is 18.8 Å². The minimum Gasteiger partial charge on any atom is -0.378 e. The van der Waals surface area contributed by atoms with Crippen LogP contribution in [-0.2, 0) is 12.1 Å². The molecule has 0 radical (unpaired) electrons. The molecule has 1 atom stereocenters. The smallest absolute Gasteiger partial charge is 0.134 e. The fourth-order valence-electron chi connectivity index (χ4n) is 3.08. The van der Waals surface area contributed by atoms with Gasteiger partial charge in [0.1, 0.15) is 11.4 Å². The van der Waals surface area contributed by atoms with E-state index in [0.717, 1.165) is 5.82 Å². The second-order valence-corrected chi connectivity index (χ2v) is 7.84. The van der Waals surface area contributed by atoms with Gasteiger partial charge in [-0.3, -0.25) is 0 Å². The highest BCUT2D eigenvalue weighted by molar-refractivity contribution is 6.35. The fourth-order valence-corrected chi connectivity index (χ4v) is 3.77. The minimum absolute atomic E-state index is 0.222. The molecule has 3 aromatic rings. The lowest BCUT2D eigenvalue weighted by Gasteiger charge is -2.31.